The quantitative estimate of drug-likeness (QED) is 0.752. The van der Waals surface area contributed by atoms with Crippen LogP contribution >= 0.6 is 0 Å². The average Bonchev–Trinajstić information content (AvgIpc) is 3.18. The standard InChI is InChI=1S/C17H21N5O5/c1-6-10-13(16(23)27-5)14(22-17(18-10)19-20-21-22)9-7-11(24-2)15(26-4)12(8-9)25-3/h7-8,14H,6H2,1-5H3,(H,18,19,21)/t14-/m1/s1. The third-order valence-corrected chi connectivity index (χ3v) is 4.36. The monoisotopic (exact) mass is 375 g/mol. The lowest BCUT2D eigenvalue weighted by molar-refractivity contribution is -0.136. The topological polar surface area (TPSA) is 110 Å². The van der Waals surface area contributed by atoms with E-state index in [4.69, 9.17) is 18.9 Å². The van der Waals surface area contributed by atoms with Crippen molar-refractivity contribution in [3.63, 3.8) is 0 Å². The number of methoxy groups -OCH3 is 4. The minimum atomic E-state index is -0.618. The second-order valence-electron chi connectivity index (χ2n) is 5.67. The third-order valence-electron chi connectivity index (χ3n) is 4.36. The number of tetrazole rings is 1. The SMILES string of the molecule is CCC1=C(C(=O)OC)[C@@H](c2cc(OC)c(OC)c(OC)c2)n2nnnc2N1. The smallest absolute Gasteiger partial charge is 0.338 e. The number of esters is 1. The number of nitrogens with zero attached hydrogens (tertiary/aromatic N) is 4. The normalized spacial score (nSPS) is 15.7. The Bertz CT molecular complexity index is 867. The molecule has 10 heteroatoms. The molecule has 144 valence electrons. The van der Waals surface area contributed by atoms with Gasteiger partial charge in [0, 0.05) is 5.70 Å². The van der Waals surface area contributed by atoms with Crippen molar-refractivity contribution in [2.75, 3.05) is 33.8 Å². The summed E-state index contributed by atoms with van der Waals surface area (Å²) < 4.78 is 22.8. The van der Waals surface area contributed by atoms with E-state index < -0.39 is 12.0 Å². The number of ether oxygens (including phenoxy) is 4. The summed E-state index contributed by atoms with van der Waals surface area (Å²) in [6.45, 7) is 1.93. The van der Waals surface area contributed by atoms with Crippen LogP contribution in [0, 0.1) is 0 Å². The van der Waals surface area contributed by atoms with Gasteiger partial charge in [0.25, 0.3) is 0 Å². The van der Waals surface area contributed by atoms with Gasteiger partial charge in [-0.3, -0.25) is 0 Å². The highest BCUT2D eigenvalue weighted by atomic mass is 16.5. The second-order valence-corrected chi connectivity index (χ2v) is 5.67. The number of nitrogens with one attached hydrogen (secondary N) is 1. The van der Waals surface area contributed by atoms with Crippen LogP contribution in [0.1, 0.15) is 24.9 Å². The predicted octanol–water partition coefficient (Wildman–Crippen LogP) is 1.55. The minimum absolute atomic E-state index is 0.411. The van der Waals surface area contributed by atoms with E-state index in [1.807, 2.05) is 6.92 Å². The van der Waals surface area contributed by atoms with Crippen LogP contribution in [0.15, 0.2) is 23.4 Å². The van der Waals surface area contributed by atoms with E-state index in [1.165, 1.54) is 33.1 Å². The molecule has 1 aliphatic heterocycles. The van der Waals surface area contributed by atoms with Gasteiger partial charge in [0.15, 0.2) is 11.5 Å². The number of fused-ring (bicyclic) bond motifs is 1. The maximum absolute atomic E-state index is 12.6. The van der Waals surface area contributed by atoms with Crippen LogP contribution in [0.2, 0.25) is 0 Å². The number of aromatic nitrogens is 4. The fourth-order valence-corrected chi connectivity index (χ4v) is 3.13. The summed E-state index contributed by atoms with van der Waals surface area (Å²) >= 11 is 0. The van der Waals surface area contributed by atoms with E-state index in [0.29, 0.717) is 46.5 Å². The van der Waals surface area contributed by atoms with Crippen LogP contribution in [-0.2, 0) is 9.53 Å². The predicted molar refractivity (Wildman–Crippen MR) is 95.0 cm³/mol. The molecule has 1 aromatic carbocycles. The van der Waals surface area contributed by atoms with Crippen molar-refractivity contribution >= 4 is 11.9 Å². The Hall–Kier alpha value is -3.30. The Kier molecular flexibility index (Phi) is 5.15. The molecular weight excluding hydrogens is 354 g/mol. The maximum Gasteiger partial charge on any atom is 0.338 e. The first-order valence-electron chi connectivity index (χ1n) is 8.25. The third kappa shape index (κ3) is 3.03. The molecular formula is C17H21N5O5. The summed E-state index contributed by atoms with van der Waals surface area (Å²) in [7, 11) is 5.92. The van der Waals surface area contributed by atoms with Crippen molar-refractivity contribution in [1.82, 2.24) is 20.2 Å². The van der Waals surface area contributed by atoms with Gasteiger partial charge in [-0.2, -0.15) is 4.68 Å². The van der Waals surface area contributed by atoms with Crippen molar-refractivity contribution in [3.05, 3.63) is 29.0 Å². The van der Waals surface area contributed by atoms with Crippen molar-refractivity contribution in [2.24, 2.45) is 0 Å². The zero-order chi connectivity index (χ0) is 19.6. The number of carbonyl (C=O) groups excluding carboxylic acids is 1. The highest BCUT2D eigenvalue weighted by Gasteiger charge is 2.36. The summed E-state index contributed by atoms with van der Waals surface area (Å²) in [5.74, 6) is 1.33. The fraction of sp³-hybridized carbons (Fsp3) is 0.412. The van der Waals surface area contributed by atoms with E-state index in [1.54, 1.807) is 12.1 Å². The van der Waals surface area contributed by atoms with Crippen molar-refractivity contribution in [3.8, 4) is 17.2 Å². The van der Waals surface area contributed by atoms with E-state index in [0.717, 1.165) is 0 Å². The van der Waals surface area contributed by atoms with Crippen LogP contribution in [0.3, 0.4) is 0 Å². The molecule has 0 saturated heterocycles. The molecule has 2 aromatic rings. The molecule has 1 atom stereocenters. The van der Waals surface area contributed by atoms with E-state index in [2.05, 4.69) is 20.8 Å². The molecule has 0 unspecified atom stereocenters. The molecule has 0 spiro atoms. The zero-order valence-electron chi connectivity index (χ0n) is 15.8. The Morgan fingerprint density at radius 2 is 1.81 bits per heavy atom. The van der Waals surface area contributed by atoms with Gasteiger partial charge in [0.1, 0.15) is 6.04 Å². The maximum atomic E-state index is 12.6. The van der Waals surface area contributed by atoms with Crippen LogP contribution in [0.25, 0.3) is 0 Å². The number of anilines is 1. The number of hydrogen-bond acceptors (Lipinski definition) is 9. The summed E-state index contributed by atoms with van der Waals surface area (Å²) in [6.07, 6.45) is 0.568. The van der Waals surface area contributed by atoms with Gasteiger partial charge in [0.05, 0.1) is 34.0 Å². The molecule has 1 N–H and O–H groups in total. The molecule has 2 heterocycles. The van der Waals surface area contributed by atoms with Gasteiger partial charge in [-0.25, -0.2) is 4.79 Å². The molecule has 27 heavy (non-hydrogen) atoms. The molecule has 0 bridgehead atoms. The molecule has 0 amide bonds. The fourth-order valence-electron chi connectivity index (χ4n) is 3.13. The van der Waals surface area contributed by atoms with E-state index >= 15 is 0 Å². The number of carbonyl (C=O) groups is 1. The number of rotatable bonds is 6. The molecule has 3 rings (SSSR count). The number of hydrogen-bond donors (Lipinski definition) is 1. The van der Waals surface area contributed by atoms with Gasteiger partial charge in [-0.1, -0.05) is 12.0 Å². The van der Waals surface area contributed by atoms with Crippen molar-refractivity contribution in [2.45, 2.75) is 19.4 Å². The highest BCUT2D eigenvalue weighted by molar-refractivity contribution is 5.92. The molecule has 0 aliphatic carbocycles. The van der Waals surface area contributed by atoms with Crippen molar-refractivity contribution in [1.29, 1.82) is 0 Å². The summed E-state index contributed by atoms with van der Waals surface area (Å²) in [5, 5.41) is 14.8. The first-order valence-corrected chi connectivity index (χ1v) is 8.25. The van der Waals surface area contributed by atoms with Crippen LogP contribution in [0.5, 0.6) is 17.2 Å². The molecule has 0 fully saturated rings. The first kappa shape index (κ1) is 18.5. The Balaban J connectivity index is 2.27. The molecule has 1 aliphatic rings. The summed E-state index contributed by atoms with van der Waals surface area (Å²) in [5.41, 5.74) is 1.78. The molecule has 0 radical (unpaired) electrons. The Morgan fingerprint density at radius 1 is 1.15 bits per heavy atom. The molecule has 10 nitrogen and oxygen atoms in total. The van der Waals surface area contributed by atoms with Crippen LogP contribution in [-0.4, -0.2) is 54.6 Å². The van der Waals surface area contributed by atoms with E-state index in [-0.39, 0.29) is 0 Å². The second kappa shape index (κ2) is 7.52. The Morgan fingerprint density at radius 3 is 2.33 bits per heavy atom. The molecule has 1 aromatic heterocycles. The summed E-state index contributed by atoms with van der Waals surface area (Å²) in [6, 6.07) is 2.91. The van der Waals surface area contributed by atoms with Gasteiger partial charge < -0.3 is 24.3 Å². The van der Waals surface area contributed by atoms with Crippen molar-refractivity contribution < 1.29 is 23.7 Å². The lowest BCUT2D eigenvalue weighted by atomic mass is 9.94. The van der Waals surface area contributed by atoms with Gasteiger partial charge >= 0.3 is 5.97 Å². The lowest BCUT2D eigenvalue weighted by Gasteiger charge is -2.28. The van der Waals surface area contributed by atoms with Crippen LogP contribution < -0.4 is 19.5 Å². The van der Waals surface area contributed by atoms with Crippen LogP contribution in [0.4, 0.5) is 5.95 Å². The number of benzene rings is 1. The highest BCUT2D eigenvalue weighted by Crippen LogP contribution is 2.43. The molecule has 0 saturated carbocycles. The lowest BCUT2D eigenvalue weighted by Crippen LogP contribution is -2.30. The number of allylic oxidation sites excluding steroid dienone is 1. The van der Waals surface area contributed by atoms with Gasteiger partial charge in [0.2, 0.25) is 11.7 Å². The first-order chi connectivity index (χ1) is 13.1. The minimum Gasteiger partial charge on any atom is -0.493 e. The van der Waals surface area contributed by atoms with Gasteiger partial charge in [-0.05, 0) is 34.5 Å². The largest absolute Gasteiger partial charge is 0.493 e. The van der Waals surface area contributed by atoms with Gasteiger partial charge in [-0.15, -0.1) is 0 Å². The van der Waals surface area contributed by atoms with E-state index in [9.17, 15) is 4.79 Å². The average molecular weight is 375 g/mol. The summed E-state index contributed by atoms with van der Waals surface area (Å²) in [4.78, 5) is 12.6. The Labute approximate surface area is 156 Å². The zero-order valence-corrected chi connectivity index (χ0v) is 15.8.